The van der Waals surface area contributed by atoms with E-state index in [1.807, 2.05) is 6.20 Å². The number of benzene rings is 1. The lowest BCUT2D eigenvalue weighted by Gasteiger charge is -2.41. The fraction of sp³-hybridized carbons (Fsp3) is 0.421. The van der Waals surface area contributed by atoms with Gasteiger partial charge in [-0.2, -0.15) is 0 Å². The number of halogens is 1. The summed E-state index contributed by atoms with van der Waals surface area (Å²) >= 11 is 0. The van der Waals surface area contributed by atoms with Crippen molar-refractivity contribution in [2.24, 2.45) is 0 Å². The Bertz CT molecular complexity index is 668. The van der Waals surface area contributed by atoms with E-state index >= 15 is 0 Å². The lowest BCUT2D eigenvalue weighted by molar-refractivity contribution is 0.331. The highest BCUT2D eigenvalue weighted by molar-refractivity contribution is 5.61. The van der Waals surface area contributed by atoms with Crippen molar-refractivity contribution in [3.05, 3.63) is 53.5 Å². The maximum Gasteiger partial charge on any atom is 0.123 e. The van der Waals surface area contributed by atoms with Crippen molar-refractivity contribution in [2.45, 2.75) is 51.4 Å². The Morgan fingerprint density at radius 2 is 1.48 bits per heavy atom. The van der Waals surface area contributed by atoms with Crippen molar-refractivity contribution in [3.63, 3.8) is 0 Å². The van der Waals surface area contributed by atoms with Crippen LogP contribution in [0.1, 0.15) is 51.7 Å². The Morgan fingerprint density at radius 3 is 2.10 bits per heavy atom. The van der Waals surface area contributed by atoms with Crippen LogP contribution in [0.25, 0.3) is 11.3 Å². The molecule has 0 amide bonds. The topological polar surface area (TPSA) is 12.9 Å². The Morgan fingerprint density at radius 1 is 0.905 bits per heavy atom. The quantitative estimate of drug-likeness (QED) is 0.697. The van der Waals surface area contributed by atoms with Crippen molar-refractivity contribution in [1.82, 2.24) is 4.98 Å². The second kappa shape index (κ2) is 4.66. The predicted octanol–water partition coefficient (Wildman–Crippen LogP) is 5.24. The summed E-state index contributed by atoms with van der Waals surface area (Å²) in [5.41, 5.74) is 4.98. The monoisotopic (exact) mass is 283 g/mol. The van der Waals surface area contributed by atoms with Gasteiger partial charge in [0.25, 0.3) is 0 Å². The maximum atomic E-state index is 13.1. The second-order valence-electron chi connectivity index (χ2n) is 7.39. The number of fused-ring (bicyclic) bond motifs is 1. The first-order valence-corrected chi connectivity index (χ1v) is 7.57. The average Bonchev–Trinajstić information content (AvgIpc) is 2.45. The number of hydrogen-bond acceptors (Lipinski definition) is 1. The Hall–Kier alpha value is -1.70. The van der Waals surface area contributed by atoms with Crippen LogP contribution in [0.4, 0.5) is 4.39 Å². The molecule has 0 atom stereocenters. The highest BCUT2D eigenvalue weighted by atomic mass is 19.1. The molecule has 1 aliphatic carbocycles. The number of pyridine rings is 1. The van der Waals surface area contributed by atoms with Crippen LogP contribution >= 0.6 is 0 Å². The number of hydrogen-bond donors (Lipinski definition) is 0. The minimum absolute atomic E-state index is 0.169. The molecule has 1 aliphatic rings. The normalized spacial score (nSPS) is 19.1. The number of rotatable bonds is 1. The third-order valence-corrected chi connectivity index (χ3v) is 4.88. The summed E-state index contributed by atoms with van der Waals surface area (Å²) in [7, 11) is 0. The van der Waals surface area contributed by atoms with Gasteiger partial charge in [-0.15, -0.1) is 0 Å². The highest BCUT2D eigenvalue weighted by Gasteiger charge is 2.37. The minimum atomic E-state index is -0.210. The molecule has 1 nitrogen and oxygen atoms in total. The van der Waals surface area contributed by atoms with Gasteiger partial charge in [-0.05, 0) is 65.1 Å². The lowest BCUT2D eigenvalue weighted by Crippen LogP contribution is -2.34. The molecule has 0 N–H and O–H groups in total. The van der Waals surface area contributed by atoms with Crippen LogP contribution < -0.4 is 0 Å². The van der Waals surface area contributed by atoms with Crippen LogP contribution in [-0.4, -0.2) is 4.98 Å². The third kappa shape index (κ3) is 2.48. The zero-order chi connectivity index (χ0) is 15.3. The zero-order valence-electron chi connectivity index (χ0n) is 13.2. The molecule has 2 aromatic rings. The molecule has 1 aromatic carbocycles. The van der Waals surface area contributed by atoms with Gasteiger partial charge in [-0.1, -0.05) is 27.7 Å². The first-order valence-electron chi connectivity index (χ1n) is 7.57. The summed E-state index contributed by atoms with van der Waals surface area (Å²) in [5, 5.41) is 0. The second-order valence-corrected chi connectivity index (χ2v) is 7.39. The van der Waals surface area contributed by atoms with Crippen molar-refractivity contribution < 1.29 is 4.39 Å². The van der Waals surface area contributed by atoms with Crippen molar-refractivity contribution in [2.75, 3.05) is 0 Å². The van der Waals surface area contributed by atoms with E-state index in [2.05, 4.69) is 38.7 Å². The van der Waals surface area contributed by atoms with Gasteiger partial charge in [-0.3, -0.25) is 4.98 Å². The molecular formula is C19H22FN. The van der Waals surface area contributed by atoms with Crippen LogP contribution in [0.5, 0.6) is 0 Å². The molecule has 1 aromatic heterocycles. The first kappa shape index (κ1) is 14.2. The molecule has 0 unspecified atom stereocenters. The first-order chi connectivity index (χ1) is 9.79. The molecule has 0 aliphatic heterocycles. The number of nitrogens with zero attached hydrogens (tertiary/aromatic N) is 1. The molecule has 0 spiro atoms. The summed E-state index contributed by atoms with van der Waals surface area (Å²) in [6.07, 6.45) is 4.39. The zero-order valence-corrected chi connectivity index (χ0v) is 13.2. The standard InChI is InChI=1S/C19H22FN/c1-18(2)9-10-19(3,4)16-12-21-17(11-15(16)18)13-5-7-14(20)8-6-13/h5-8,11-12H,9-10H2,1-4H3. The van der Waals surface area contributed by atoms with Gasteiger partial charge < -0.3 is 0 Å². The van der Waals surface area contributed by atoms with Gasteiger partial charge in [0.15, 0.2) is 0 Å². The summed E-state index contributed by atoms with van der Waals surface area (Å²) in [5.74, 6) is -0.210. The van der Waals surface area contributed by atoms with E-state index < -0.39 is 0 Å². The van der Waals surface area contributed by atoms with Crippen molar-refractivity contribution >= 4 is 0 Å². The SMILES string of the molecule is CC1(C)CCC(C)(C)c2cc(-c3ccc(F)cc3)ncc21. The molecule has 1 heterocycles. The predicted molar refractivity (Wildman–Crippen MR) is 84.9 cm³/mol. The maximum absolute atomic E-state index is 13.1. The van der Waals surface area contributed by atoms with Crippen LogP contribution in [0.2, 0.25) is 0 Å². The molecule has 0 radical (unpaired) electrons. The fourth-order valence-corrected chi connectivity index (χ4v) is 3.23. The van der Waals surface area contributed by atoms with Gasteiger partial charge in [0.2, 0.25) is 0 Å². The molecule has 0 bridgehead atoms. The molecule has 21 heavy (non-hydrogen) atoms. The highest BCUT2D eigenvalue weighted by Crippen LogP contribution is 2.46. The fourth-order valence-electron chi connectivity index (χ4n) is 3.23. The molecule has 2 heteroatoms. The molecule has 3 rings (SSSR count). The van der Waals surface area contributed by atoms with E-state index in [1.54, 1.807) is 12.1 Å². The third-order valence-electron chi connectivity index (χ3n) is 4.88. The lowest BCUT2D eigenvalue weighted by atomic mass is 9.63. The Labute approximate surface area is 126 Å². The molecular weight excluding hydrogens is 261 g/mol. The summed E-state index contributed by atoms with van der Waals surface area (Å²) in [6.45, 7) is 9.19. The largest absolute Gasteiger partial charge is 0.256 e. The number of aromatic nitrogens is 1. The van der Waals surface area contributed by atoms with E-state index in [0.29, 0.717) is 0 Å². The van der Waals surface area contributed by atoms with Crippen molar-refractivity contribution in [3.8, 4) is 11.3 Å². The van der Waals surface area contributed by atoms with Gasteiger partial charge >= 0.3 is 0 Å². The van der Waals surface area contributed by atoms with E-state index in [1.165, 1.54) is 36.1 Å². The van der Waals surface area contributed by atoms with E-state index in [9.17, 15) is 4.39 Å². The molecule has 0 fully saturated rings. The van der Waals surface area contributed by atoms with Crippen LogP contribution in [0.15, 0.2) is 36.5 Å². The minimum Gasteiger partial charge on any atom is -0.256 e. The smallest absolute Gasteiger partial charge is 0.123 e. The molecule has 110 valence electrons. The van der Waals surface area contributed by atoms with Crippen LogP contribution in [0, 0.1) is 5.82 Å². The van der Waals surface area contributed by atoms with Gasteiger partial charge in [0.1, 0.15) is 5.82 Å². The summed E-state index contributed by atoms with van der Waals surface area (Å²) < 4.78 is 13.1. The molecule has 0 saturated heterocycles. The Balaban J connectivity index is 2.14. The van der Waals surface area contributed by atoms with Crippen molar-refractivity contribution in [1.29, 1.82) is 0 Å². The average molecular weight is 283 g/mol. The Kier molecular flexibility index (Phi) is 3.16. The van der Waals surface area contributed by atoms with Gasteiger partial charge in [0.05, 0.1) is 5.69 Å². The molecule has 0 saturated carbocycles. The summed E-state index contributed by atoms with van der Waals surface area (Å²) in [6, 6.07) is 8.77. The van der Waals surface area contributed by atoms with Crippen LogP contribution in [0.3, 0.4) is 0 Å². The van der Waals surface area contributed by atoms with Gasteiger partial charge in [-0.25, -0.2) is 4.39 Å². The van der Waals surface area contributed by atoms with E-state index in [4.69, 9.17) is 0 Å². The summed E-state index contributed by atoms with van der Waals surface area (Å²) in [4.78, 5) is 4.63. The van der Waals surface area contributed by atoms with Gasteiger partial charge in [0, 0.05) is 11.8 Å². The van der Waals surface area contributed by atoms with E-state index in [-0.39, 0.29) is 16.6 Å². The van der Waals surface area contributed by atoms with E-state index in [0.717, 1.165) is 11.3 Å². The van der Waals surface area contributed by atoms with Crippen LogP contribution in [-0.2, 0) is 10.8 Å².